The first-order valence-corrected chi connectivity index (χ1v) is 9.53. The van der Waals surface area contributed by atoms with Gasteiger partial charge in [0.05, 0.1) is 16.0 Å². The number of carbonyl (C=O) groups is 2. The Morgan fingerprint density at radius 2 is 1.84 bits per heavy atom. The maximum Gasteiger partial charge on any atom is 0.261 e. The average Bonchev–Trinajstić information content (AvgIpc) is 3.13. The lowest BCUT2D eigenvalue weighted by atomic mass is 9.94. The SMILES string of the molecule is CN1C(=O)c2ccc(S(=O)(=O)N3CC[C@@H]4CCN[C@@H]4C3)cc2C1=O.Cl. The number of carbonyl (C=O) groups excluding carboxylic acids is 2. The van der Waals surface area contributed by atoms with Crippen molar-refractivity contribution < 1.29 is 18.0 Å². The Morgan fingerprint density at radius 3 is 2.60 bits per heavy atom. The third-order valence-corrected chi connectivity index (χ3v) is 7.20. The van der Waals surface area contributed by atoms with Crippen LogP contribution < -0.4 is 5.32 Å². The lowest BCUT2D eigenvalue weighted by Crippen LogP contribution is -2.48. The van der Waals surface area contributed by atoms with Crippen LogP contribution in [0.15, 0.2) is 23.1 Å². The van der Waals surface area contributed by atoms with E-state index in [1.165, 1.54) is 29.6 Å². The maximum absolute atomic E-state index is 12.9. The second-order valence-corrected chi connectivity index (χ2v) is 8.58. The van der Waals surface area contributed by atoms with Gasteiger partial charge in [0.1, 0.15) is 0 Å². The molecule has 2 atom stereocenters. The van der Waals surface area contributed by atoms with Gasteiger partial charge in [-0.25, -0.2) is 8.42 Å². The highest BCUT2D eigenvalue weighted by molar-refractivity contribution is 7.89. The summed E-state index contributed by atoms with van der Waals surface area (Å²) in [7, 11) is -2.27. The van der Waals surface area contributed by atoms with Crippen LogP contribution >= 0.6 is 12.4 Å². The molecule has 0 saturated carbocycles. The molecule has 2 saturated heterocycles. The first-order valence-electron chi connectivity index (χ1n) is 8.09. The van der Waals surface area contributed by atoms with Gasteiger partial charge in [0.15, 0.2) is 0 Å². The van der Waals surface area contributed by atoms with E-state index in [-0.39, 0.29) is 34.5 Å². The summed E-state index contributed by atoms with van der Waals surface area (Å²) in [6, 6.07) is 4.40. The molecule has 1 aromatic rings. The molecule has 2 fully saturated rings. The number of benzene rings is 1. The molecule has 9 heteroatoms. The van der Waals surface area contributed by atoms with Crippen molar-refractivity contribution in [1.82, 2.24) is 14.5 Å². The monoisotopic (exact) mass is 385 g/mol. The molecule has 7 nitrogen and oxygen atoms in total. The summed E-state index contributed by atoms with van der Waals surface area (Å²) in [5.74, 6) is -0.303. The van der Waals surface area contributed by atoms with Crippen molar-refractivity contribution >= 4 is 34.2 Å². The highest BCUT2D eigenvalue weighted by Crippen LogP contribution is 2.30. The molecule has 4 rings (SSSR count). The minimum absolute atomic E-state index is 0. The van der Waals surface area contributed by atoms with Gasteiger partial charge in [0.25, 0.3) is 11.8 Å². The van der Waals surface area contributed by atoms with E-state index in [9.17, 15) is 18.0 Å². The van der Waals surface area contributed by atoms with Crippen molar-refractivity contribution in [1.29, 1.82) is 0 Å². The summed E-state index contributed by atoms with van der Waals surface area (Å²) in [5.41, 5.74) is 0.426. The third kappa shape index (κ3) is 2.77. The number of piperidine rings is 1. The second-order valence-electron chi connectivity index (χ2n) is 6.64. The molecule has 0 aromatic heterocycles. The van der Waals surface area contributed by atoms with E-state index >= 15 is 0 Å². The Bertz CT molecular complexity index is 842. The standard InChI is InChI=1S/C16H19N3O4S.ClH/c1-18-15(20)12-3-2-11(8-13(12)16(18)21)24(22,23)19-7-5-10-4-6-17-14(10)9-19;/h2-3,8,10,14,17H,4-7,9H2,1H3;1H/t10-,14+;/m0./s1. The summed E-state index contributed by atoms with van der Waals surface area (Å²) < 4.78 is 27.4. The van der Waals surface area contributed by atoms with Crippen molar-refractivity contribution in [2.24, 2.45) is 5.92 Å². The van der Waals surface area contributed by atoms with Crippen molar-refractivity contribution in [2.45, 2.75) is 23.8 Å². The third-order valence-electron chi connectivity index (χ3n) is 5.34. The van der Waals surface area contributed by atoms with Gasteiger partial charge in [-0.15, -0.1) is 12.4 Å². The smallest absolute Gasteiger partial charge is 0.261 e. The lowest BCUT2D eigenvalue weighted by Gasteiger charge is -2.34. The summed E-state index contributed by atoms with van der Waals surface area (Å²) in [6.45, 7) is 1.89. The molecule has 3 aliphatic rings. The number of hydrogen-bond donors (Lipinski definition) is 1. The van der Waals surface area contributed by atoms with E-state index in [2.05, 4.69) is 5.32 Å². The summed E-state index contributed by atoms with van der Waals surface area (Å²) in [6.07, 6.45) is 1.95. The largest absolute Gasteiger partial charge is 0.312 e. The van der Waals surface area contributed by atoms with Crippen LogP contribution in [0.5, 0.6) is 0 Å². The van der Waals surface area contributed by atoms with Crippen molar-refractivity contribution in [3.63, 3.8) is 0 Å². The van der Waals surface area contributed by atoms with Crippen LogP contribution in [0.1, 0.15) is 33.6 Å². The number of rotatable bonds is 2. The Kier molecular flexibility index (Phi) is 4.65. The zero-order valence-corrected chi connectivity index (χ0v) is 15.4. The van der Waals surface area contributed by atoms with Crippen LogP contribution in [0.3, 0.4) is 0 Å². The Balaban J connectivity index is 0.00000182. The van der Waals surface area contributed by atoms with Crippen LogP contribution in [-0.2, 0) is 10.0 Å². The van der Waals surface area contributed by atoms with Crippen LogP contribution in [-0.4, -0.2) is 62.2 Å². The molecular formula is C16H20ClN3O4S. The van der Waals surface area contributed by atoms with Crippen LogP contribution in [0, 0.1) is 5.92 Å². The van der Waals surface area contributed by atoms with Gasteiger partial charge in [0.2, 0.25) is 10.0 Å². The van der Waals surface area contributed by atoms with Gasteiger partial charge in [-0.05, 0) is 43.5 Å². The molecule has 1 aromatic carbocycles. The highest BCUT2D eigenvalue weighted by Gasteiger charge is 2.39. The van der Waals surface area contributed by atoms with E-state index in [1.54, 1.807) is 0 Å². The van der Waals surface area contributed by atoms with Crippen LogP contribution in [0.4, 0.5) is 0 Å². The number of halogens is 1. The number of fused-ring (bicyclic) bond motifs is 2. The second kappa shape index (κ2) is 6.35. The van der Waals surface area contributed by atoms with Crippen LogP contribution in [0.25, 0.3) is 0 Å². The minimum Gasteiger partial charge on any atom is -0.312 e. The molecule has 0 radical (unpaired) electrons. The van der Waals surface area contributed by atoms with Crippen molar-refractivity contribution in [3.8, 4) is 0 Å². The van der Waals surface area contributed by atoms with Gasteiger partial charge < -0.3 is 5.32 Å². The minimum atomic E-state index is -3.67. The molecular weight excluding hydrogens is 366 g/mol. The quantitative estimate of drug-likeness (QED) is 0.757. The first kappa shape index (κ1) is 18.3. The molecule has 3 heterocycles. The van der Waals surface area contributed by atoms with E-state index in [1.807, 2.05) is 0 Å². The van der Waals surface area contributed by atoms with Crippen LogP contribution in [0.2, 0.25) is 0 Å². The summed E-state index contributed by atoms with van der Waals surface area (Å²) in [5, 5.41) is 3.36. The Labute approximate surface area is 152 Å². The van der Waals surface area contributed by atoms with E-state index < -0.39 is 21.8 Å². The first-order chi connectivity index (χ1) is 11.4. The fourth-order valence-corrected chi connectivity index (χ4v) is 5.38. The molecule has 0 bridgehead atoms. The molecule has 2 amide bonds. The molecule has 3 aliphatic heterocycles. The van der Waals surface area contributed by atoms with Gasteiger partial charge >= 0.3 is 0 Å². The Hall–Kier alpha value is -1.48. The van der Waals surface area contributed by atoms with Gasteiger partial charge in [-0.3, -0.25) is 14.5 Å². The molecule has 25 heavy (non-hydrogen) atoms. The van der Waals surface area contributed by atoms with E-state index in [0.29, 0.717) is 19.0 Å². The molecule has 0 spiro atoms. The normalized spacial score (nSPS) is 26.4. The maximum atomic E-state index is 12.9. The number of nitrogens with one attached hydrogen (secondary N) is 1. The molecule has 1 N–H and O–H groups in total. The van der Waals surface area contributed by atoms with Gasteiger partial charge in [-0.2, -0.15) is 4.31 Å². The fraction of sp³-hybridized carbons (Fsp3) is 0.500. The van der Waals surface area contributed by atoms with E-state index in [4.69, 9.17) is 0 Å². The Morgan fingerprint density at radius 1 is 1.12 bits per heavy atom. The highest BCUT2D eigenvalue weighted by atomic mass is 35.5. The predicted octanol–water partition coefficient (Wildman–Crippen LogP) is 0.707. The number of amides is 2. The summed E-state index contributed by atoms with van der Waals surface area (Å²) >= 11 is 0. The molecule has 0 aliphatic carbocycles. The predicted molar refractivity (Wildman–Crippen MR) is 93.4 cm³/mol. The molecule has 0 unspecified atom stereocenters. The lowest BCUT2D eigenvalue weighted by molar-refractivity contribution is 0.0693. The zero-order valence-electron chi connectivity index (χ0n) is 13.8. The topological polar surface area (TPSA) is 86.8 Å². The van der Waals surface area contributed by atoms with E-state index in [0.717, 1.165) is 24.3 Å². The molecule has 136 valence electrons. The average molecular weight is 386 g/mol. The van der Waals surface area contributed by atoms with Gasteiger partial charge in [0, 0.05) is 26.2 Å². The zero-order chi connectivity index (χ0) is 17.1. The van der Waals surface area contributed by atoms with Crippen molar-refractivity contribution in [3.05, 3.63) is 29.3 Å². The van der Waals surface area contributed by atoms with Crippen molar-refractivity contribution in [2.75, 3.05) is 26.7 Å². The summed E-state index contributed by atoms with van der Waals surface area (Å²) in [4.78, 5) is 25.1. The number of hydrogen-bond acceptors (Lipinski definition) is 5. The fourth-order valence-electron chi connectivity index (χ4n) is 3.87. The van der Waals surface area contributed by atoms with Gasteiger partial charge in [-0.1, -0.05) is 0 Å². The number of nitrogens with zero attached hydrogens (tertiary/aromatic N) is 2. The number of imide groups is 1. The number of sulfonamides is 1.